The number of nitro groups is 1. The lowest BCUT2D eigenvalue weighted by molar-refractivity contribution is -0.384. The summed E-state index contributed by atoms with van der Waals surface area (Å²) < 4.78 is 9.78. The molecule has 0 saturated carbocycles. The van der Waals surface area contributed by atoms with Crippen LogP contribution in [0, 0.1) is 10.1 Å². The Bertz CT molecular complexity index is 817. The molecule has 2 rings (SSSR count). The molecule has 0 aliphatic carbocycles. The van der Waals surface area contributed by atoms with Gasteiger partial charge in [-0.25, -0.2) is 9.59 Å². The van der Waals surface area contributed by atoms with Gasteiger partial charge in [-0.3, -0.25) is 10.1 Å². The Morgan fingerprint density at radius 2 is 1.73 bits per heavy atom. The molecule has 0 radical (unpaired) electrons. The van der Waals surface area contributed by atoms with E-state index < -0.39 is 16.9 Å². The second-order valence-corrected chi connectivity index (χ2v) is 5.28. The van der Waals surface area contributed by atoms with Gasteiger partial charge in [0.2, 0.25) is 0 Å². The van der Waals surface area contributed by atoms with Crippen LogP contribution in [-0.2, 0) is 16.1 Å². The third kappa shape index (κ3) is 4.56. The number of rotatable bonds is 7. The Hall–Kier alpha value is -3.42. The molecule has 2 aromatic rings. The van der Waals surface area contributed by atoms with Crippen LogP contribution in [0.2, 0.25) is 0 Å². The van der Waals surface area contributed by atoms with Crippen LogP contribution in [0.4, 0.5) is 11.4 Å². The Balaban J connectivity index is 2.06. The van der Waals surface area contributed by atoms with Crippen molar-refractivity contribution in [2.75, 3.05) is 19.0 Å². The average Bonchev–Trinajstić information content (AvgIpc) is 2.66. The van der Waals surface area contributed by atoms with Crippen LogP contribution in [-0.4, -0.2) is 30.5 Å². The number of methoxy groups -OCH3 is 1. The van der Waals surface area contributed by atoms with Gasteiger partial charge in [0, 0.05) is 12.6 Å². The Morgan fingerprint density at radius 3 is 2.31 bits per heavy atom. The maximum Gasteiger partial charge on any atom is 0.338 e. The van der Waals surface area contributed by atoms with E-state index >= 15 is 0 Å². The van der Waals surface area contributed by atoms with Gasteiger partial charge in [0.15, 0.2) is 0 Å². The zero-order valence-electron chi connectivity index (χ0n) is 14.4. The summed E-state index contributed by atoms with van der Waals surface area (Å²) >= 11 is 0. The van der Waals surface area contributed by atoms with E-state index in [0.29, 0.717) is 23.4 Å². The first kappa shape index (κ1) is 18.9. The number of nitro benzene ring substituents is 1. The van der Waals surface area contributed by atoms with Crippen LogP contribution < -0.4 is 5.32 Å². The molecule has 0 atom stereocenters. The second-order valence-electron chi connectivity index (χ2n) is 5.28. The number of hydrogen-bond donors (Lipinski definition) is 1. The van der Waals surface area contributed by atoms with Crippen molar-refractivity contribution in [2.45, 2.75) is 13.5 Å². The molecule has 0 fully saturated rings. The van der Waals surface area contributed by atoms with E-state index in [1.54, 1.807) is 24.3 Å². The van der Waals surface area contributed by atoms with Crippen molar-refractivity contribution in [3.63, 3.8) is 0 Å². The molecule has 0 saturated heterocycles. The normalized spacial score (nSPS) is 10.1. The predicted octanol–water partition coefficient (Wildman–Crippen LogP) is 3.17. The van der Waals surface area contributed by atoms with E-state index in [1.165, 1.54) is 25.3 Å². The molecule has 136 valence electrons. The maximum atomic E-state index is 12.1. The van der Waals surface area contributed by atoms with Gasteiger partial charge < -0.3 is 14.8 Å². The minimum atomic E-state index is -0.673. The molecule has 2 aromatic carbocycles. The molecule has 0 aromatic heterocycles. The molecule has 0 aliphatic rings. The highest BCUT2D eigenvalue weighted by Gasteiger charge is 2.18. The van der Waals surface area contributed by atoms with Gasteiger partial charge in [-0.1, -0.05) is 12.1 Å². The predicted molar refractivity (Wildman–Crippen MR) is 94.2 cm³/mol. The highest BCUT2D eigenvalue weighted by atomic mass is 16.6. The fourth-order valence-corrected chi connectivity index (χ4v) is 2.24. The number of anilines is 1. The lowest BCUT2D eigenvalue weighted by Crippen LogP contribution is -2.08. The van der Waals surface area contributed by atoms with Crippen molar-refractivity contribution in [1.29, 1.82) is 0 Å². The van der Waals surface area contributed by atoms with Crippen LogP contribution in [0.25, 0.3) is 0 Å². The van der Waals surface area contributed by atoms with Gasteiger partial charge in [0.05, 0.1) is 23.2 Å². The topological polar surface area (TPSA) is 108 Å². The fourth-order valence-electron chi connectivity index (χ4n) is 2.24. The monoisotopic (exact) mass is 358 g/mol. The summed E-state index contributed by atoms with van der Waals surface area (Å²) in [6.45, 7) is 2.31. The zero-order valence-corrected chi connectivity index (χ0v) is 14.4. The Morgan fingerprint density at radius 1 is 1.08 bits per heavy atom. The summed E-state index contributed by atoms with van der Waals surface area (Å²) in [5, 5.41) is 14.0. The van der Waals surface area contributed by atoms with E-state index in [4.69, 9.17) is 4.74 Å². The van der Waals surface area contributed by atoms with E-state index in [1.807, 2.05) is 6.92 Å². The molecule has 0 unspecified atom stereocenters. The number of esters is 2. The maximum absolute atomic E-state index is 12.1. The molecule has 0 aliphatic heterocycles. The summed E-state index contributed by atoms with van der Waals surface area (Å²) in [4.78, 5) is 34.1. The average molecular weight is 358 g/mol. The summed E-state index contributed by atoms with van der Waals surface area (Å²) in [5.74, 6) is -1.13. The van der Waals surface area contributed by atoms with Crippen molar-refractivity contribution in [3.05, 3.63) is 69.3 Å². The van der Waals surface area contributed by atoms with E-state index in [-0.39, 0.29) is 17.9 Å². The highest BCUT2D eigenvalue weighted by molar-refractivity contribution is 5.91. The first-order valence-electron chi connectivity index (χ1n) is 7.83. The van der Waals surface area contributed by atoms with E-state index in [2.05, 4.69) is 10.1 Å². The number of benzene rings is 2. The van der Waals surface area contributed by atoms with Crippen LogP contribution in [0.3, 0.4) is 0 Å². The van der Waals surface area contributed by atoms with Crippen molar-refractivity contribution < 1.29 is 24.0 Å². The number of nitrogens with zero attached hydrogens (tertiary/aromatic N) is 1. The molecule has 1 N–H and O–H groups in total. The largest absolute Gasteiger partial charge is 0.465 e. The molecule has 0 amide bonds. The quantitative estimate of drug-likeness (QED) is 0.460. The third-order valence-electron chi connectivity index (χ3n) is 3.54. The van der Waals surface area contributed by atoms with Gasteiger partial charge in [-0.15, -0.1) is 0 Å². The fraction of sp³-hybridized carbons (Fsp3) is 0.222. The molecule has 0 heterocycles. The van der Waals surface area contributed by atoms with Gasteiger partial charge in [0.25, 0.3) is 5.69 Å². The molecule has 8 nitrogen and oxygen atoms in total. The van der Waals surface area contributed by atoms with Crippen LogP contribution in [0.15, 0.2) is 42.5 Å². The van der Waals surface area contributed by atoms with Gasteiger partial charge in [-0.2, -0.15) is 0 Å². The van der Waals surface area contributed by atoms with E-state index in [0.717, 1.165) is 0 Å². The molecule has 0 bridgehead atoms. The smallest absolute Gasteiger partial charge is 0.338 e. The van der Waals surface area contributed by atoms with Crippen LogP contribution in [0.1, 0.15) is 33.2 Å². The first-order valence-corrected chi connectivity index (χ1v) is 7.83. The van der Waals surface area contributed by atoms with E-state index in [9.17, 15) is 19.7 Å². The standard InChI is InChI=1S/C18H18N2O6/c1-3-19-15-9-8-14(10-16(15)20(23)24)18(22)26-11-12-4-6-13(7-5-12)17(21)25-2/h4-10,19H,3,11H2,1-2H3. The Kier molecular flexibility index (Phi) is 6.26. The summed E-state index contributed by atoms with van der Waals surface area (Å²) in [6, 6.07) is 10.5. The lowest BCUT2D eigenvalue weighted by atomic mass is 10.1. The minimum absolute atomic E-state index is 0.0248. The number of carbonyl (C=O) groups excluding carboxylic acids is 2. The van der Waals surface area contributed by atoms with Gasteiger partial charge in [-0.05, 0) is 36.8 Å². The lowest BCUT2D eigenvalue weighted by Gasteiger charge is -2.08. The molecular weight excluding hydrogens is 340 g/mol. The molecule has 0 spiro atoms. The summed E-state index contributed by atoms with van der Waals surface area (Å²) in [6.07, 6.45) is 0. The van der Waals surface area contributed by atoms with Crippen LogP contribution in [0.5, 0.6) is 0 Å². The molecule has 26 heavy (non-hydrogen) atoms. The van der Waals surface area contributed by atoms with Gasteiger partial charge in [0.1, 0.15) is 12.3 Å². The van der Waals surface area contributed by atoms with Crippen molar-refractivity contribution in [3.8, 4) is 0 Å². The SMILES string of the molecule is CCNc1ccc(C(=O)OCc2ccc(C(=O)OC)cc2)cc1[N+](=O)[O-]. The molecular formula is C18H18N2O6. The molecule has 8 heteroatoms. The summed E-state index contributed by atoms with van der Waals surface area (Å²) in [5.41, 5.74) is 1.29. The van der Waals surface area contributed by atoms with Crippen molar-refractivity contribution >= 4 is 23.3 Å². The number of ether oxygens (including phenoxy) is 2. The van der Waals surface area contributed by atoms with Crippen molar-refractivity contribution in [1.82, 2.24) is 0 Å². The van der Waals surface area contributed by atoms with Gasteiger partial charge >= 0.3 is 11.9 Å². The van der Waals surface area contributed by atoms with Crippen LogP contribution >= 0.6 is 0 Å². The number of nitrogens with one attached hydrogen (secondary N) is 1. The second kappa shape index (κ2) is 8.61. The Labute approximate surface area is 149 Å². The van der Waals surface area contributed by atoms with Crippen molar-refractivity contribution in [2.24, 2.45) is 0 Å². The number of hydrogen-bond acceptors (Lipinski definition) is 7. The number of carbonyl (C=O) groups is 2. The first-order chi connectivity index (χ1) is 12.5. The third-order valence-corrected chi connectivity index (χ3v) is 3.54. The zero-order chi connectivity index (χ0) is 19.1. The summed E-state index contributed by atoms with van der Waals surface area (Å²) in [7, 11) is 1.29. The minimum Gasteiger partial charge on any atom is -0.465 e. The highest BCUT2D eigenvalue weighted by Crippen LogP contribution is 2.26.